The molecular formula is H2BO5P. The van der Waals surface area contributed by atoms with Gasteiger partial charge in [-0.25, -0.2) is 0 Å². The van der Waals surface area contributed by atoms with Crippen molar-refractivity contribution < 1.29 is 24.7 Å². The molecule has 0 spiro atoms. The minimum Gasteiger partial charge on any atom is -0.822 e. The first-order chi connectivity index (χ1) is 2.00. The summed E-state index contributed by atoms with van der Waals surface area (Å²) in [5.74, 6) is 0. The molecule has 2 N–H and O–H groups in total. The van der Waals surface area contributed by atoms with Gasteiger partial charge in [-0.15, -0.1) is 0 Å². The number of phosphoric acid groups is 1. The van der Waals surface area contributed by atoms with E-state index in [1.807, 2.05) is 0 Å². The first-order valence-electron chi connectivity index (χ1n) is 0.730. The Bertz CT molecular complexity index is 54.2. The minimum atomic E-state index is -5.39. The van der Waals surface area contributed by atoms with Crippen molar-refractivity contribution in [1.29, 1.82) is 0 Å². The predicted octanol–water partition coefficient (Wildman–Crippen LogP) is -4.03. The molecule has 40 valence electrons. The van der Waals surface area contributed by atoms with Crippen LogP contribution in [0.4, 0.5) is 0 Å². The molecule has 0 bridgehead atoms. The van der Waals surface area contributed by atoms with Gasteiger partial charge >= 0.3 is 8.41 Å². The molecule has 0 aliphatic rings. The summed E-state index contributed by atoms with van der Waals surface area (Å²) < 4.78 is 8.55. The van der Waals surface area contributed by atoms with Crippen LogP contribution < -0.4 is 14.7 Å². The Balaban J connectivity index is -0.0000000800. The van der Waals surface area contributed by atoms with Crippen molar-refractivity contribution in [3.63, 3.8) is 0 Å². The number of rotatable bonds is 0. The molecule has 0 fully saturated rings. The Labute approximate surface area is 42.1 Å². The Kier molecular flexibility index (Phi) is 9.64. The maximum Gasteiger partial charge on any atom is 3.00 e. The van der Waals surface area contributed by atoms with Gasteiger partial charge in [-0.1, -0.05) is 0 Å². The molecular weight excluding hydrogens is 122 g/mol. The van der Waals surface area contributed by atoms with E-state index >= 15 is 0 Å². The molecule has 0 aliphatic heterocycles. The van der Waals surface area contributed by atoms with Crippen LogP contribution >= 0.6 is 7.82 Å². The zero-order valence-electron chi connectivity index (χ0n) is 3.16. The van der Waals surface area contributed by atoms with Gasteiger partial charge in [0.15, 0.2) is 0 Å². The van der Waals surface area contributed by atoms with Gasteiger partial charge in [0.05, 0.1) is 0 Å². The normalized spacial score (nSPS) is 8.43. The minimum absolute atomic E-state index is 0. The largest absolute Gasteiger partial charge is 3.00 e. The third-order valence-electron chi connectivity index (χ3n) is 0. The predicted molar refractivity (Wildman–Crippen MR) is 17.0 cm³/mol. The molecule has 0 aromatic rings. The molecule has 0 aliphatic carbocycles. The van der Waals surface area contributed by atoms with Crippen LogP contribution in [0.5, 0.6) is 0 Å². The fraction of sp³-hybridized carbons (Fsp3) is 0. The monoisotopic (exact) mass is 124 g/mol. The van der Waals surface area contributed by atoms with Gasteiger partial charge in [-0.3, -0.25) is 0 Å². The molecule has 0 radical (unpaired) electrons. The van der Waals surface area contributed by atoms with E-state index < -0.39 is 7.82 Å². The molecule has 0 atom stereocenters. The second-order valence-electron chi connectivity index (χ2n) is 0.447. The molecule has 0 aromatic carbocycles. The van der Waals surface area contributed by atoms with Gasteiger partial charge in [-0.05, 0) is 0 Å². The van der Waals surface area contributed by atoms with E-state index in [1.165, 1.54) is 0 Å². The number of hydrogen-bond acceptors (Lipinski definition) is 4. The average Bonchev–Trinajstić information content (AvgIpc) is 0.722. The van der Waals surface area contributed by atoms with E-state index in [4.69, 9.17) is 19.2 Å². The smallest absolute Gasteiger partial charge is 0.822 e. The second-order valence-corrected chi connectivity index (χ2v) is 1.34. The Morgan fingerprint density at radius 2 is 1.14 bits per heavy atom. The summed E-state index contributed by atoms with van der Waals surface area (Å²) in [6, 6.07) is 0. The maximum absolute atomic E-state index is 8.55. The van der Waals surface area contributed by atoms with E-state index in [2.05, 4.69) is 0 Å². The van der Waals surface area contributed by atoms with Crippen molar-refractivity contribution in [1.82, 2.24) is 0 Å². The standard InChI is InChI=1S/B.H3O4P.H2O/c;1-5(2,3)4;/h;(H3,1,2,3,4);1H2/q+3;;/p-3. The van der Waals surface area contributed by atoms with E-state index in [0.29, 0.717) is 0 Å². The first kappa shape index (κ1) is 15.7. The summed E-state index contributed by atoms with van der Waals surface area (Å²) in [4.78, 5) is 25.6. The molecule has 0 aromatic heterocycles. The average molecular weight is 124 g/mol. The van der Waals surface area contributed by atoms with Gasteiger partial charge in [0.2, 0.25) is 0 Å². The molecule has 7 heavy (non-hydrogen) atoms. The molecule has 0 unspecified atom stereocenters. The van der Waals surface area contributed by atoms with Crippen molar-refractivity contribution in [2.75, 3.05) is 0 Å². The molecule has 5 nitrogen and oxygen atoms in total. The molecule has 0 heterocycles. The molecule has 7 heteroatoms. The van der Waals surface area contributed by atoms with Crippen LogP contribution in [0.15, 0.2) is 0 Å². The fourth-order valence-corrected chi connectivity index (χ4v) is 0. The van der Waals surface area contributed by atoms with Gasteiger partial charge in [0.25, 0.3) is 0 Å². The fourth-order valence-electron chi connectivity index (χ4n) is 0. The second kappa shape index (κ2) is 4.30. The van der Waals surface area contributed by atoms with Gasteiger partial charge in [0, 0.05) is 0 Å². The van der Waals surface area contributed by atoms with Crippen LogP contribution in [0, 0.1) is 0 Å². The van der Waals surface area contributed by atoms with Crippen molar-refractivity contribution in [2.24, 2.45) is 0 Å². The van der Waals surface area contributed by atoms with Gasteiger partial charge in [0.1, 0.15) is 0 Å². The van der Waals surface area contributed by atoms with E-state index in [1.54, 1.807) is 0 Å². The van der Waals surface area contributed by atoms with Crippen LogP contribution in [0.3, 0.4) is 0 Å². The van der Waals surface area contributed by atoms with E-state index in [0.717, 1.165) is 0 Å². The Hall–Kier alpha value is 0.135. The quantitative estimate of drug-likeness (QED) is 0.241. The zero-order valence-corrected chi connectivity index (χ0v) is 4.05. The third-order valence-corrected chi connectivity index (χ3v) is 0. The van der Waals surface area contributed by atoms with Gasteiger partial charge in [-0.2, -0.15) is 7.82 Å². The summed E-state index contributed by atoms with van der Waals surface area (Å²) in [7, 11) is -5.39. The molecule has 0 rings (SSSR count). The third kappa shape index (κ3) is 5760. The van der Waals surface area contributed by atoms with Crippen molar-refractivity contribution >= 4 is 16.2 Å². The Morgan fingerprint density at radius 3 is 1.14 bits per heavy atom. The van der Waals surface area contributed by atoms with Crippen molar-refractivity contribution in [3.05, 3.63) is 0 Å². The Morgan fingerprint density at radius 1 is 1.14 bits per heavy atom. The van der Waals surface area contributed by atoms with Crippen LogP contribution in [0.2, 0.25) is 0 Å². The van der Waals surface area contributed by atoms with Crippen molar-refractivity contribution in [3.8, 4) is 0 Å². The molecule has 0 saturated carbocycles. The van der Waals surface area contributed by atoms with Crippen LogP contribution in [-0.2, 0) is 4.57 Å². The molecule has 0 amide bonds. The summed E-state index contributed by atoms with van der Waals surface area (Å²) in [5.41, 5.74) is 0. The van der Waals surface area contributed by atoms with Crippen molar-refractivity contribution in [2.45, 2.75) is 0 Å². The van der Waals surface area contributed by atoms with E-state index in [9.17, 15) is 0 Å². The van der Waals surface area contributed by atoms with Crippen LogP contribution in [-0.4, -0.2) is 13.9 Å². The van der Waals surface area contributed by atoms with Crippen LogP contribution in [0.25, 0.3) is 0 Å². The van der Waals surface area contributed by atoms with Gasteiger partial charge < -0.3 is 24.7 Å². The summed E-state index contributed by atoms with van der Waals surface area (Å²) in [6.07, 6.45) is 0. The zero-order chi connectivity index (χ0) is 4.50. The van der Waals surface area contributed by atoms with Crippen LogP contribution in [0.1, 0.15) is 0 Å². The maximum atomic E-state index is 8.55. The van der Waals surface area contributed by atoms with E-state index in [-0.39, 0.29) is 13.9 Å². The SMILES string of the molecule is O.O=P([O-])([O-])[O-].[B+3]. The summed E-state index contributed by atoms with van der Waals surface area (Å²) >= 11 is 0. The first-order valence-corrected chi connectivity index (χ1v) is 2.19. The molecule has 0 saturated heterocycles. The topological polar surface area (TPSA) is 118 Å². The summed E-state index contributed by atoms with van der Waals surface area (Å²) in [6.45, 7) is 0. The number of hydrogen-bond donors (Lipinski definition) is 0. The summed E-state index contributed by atoms with van der Waals surface area (Å²) in [5, 5.41) is 0.